The van der Waals surface area contributed by atoms with Crippen molar-refractivity contribution in [1.29, 1.82) is 0 Å². The molecule has 24 heavy (non-hydrogen) atoms. The van der Waals surface area contributed by atoms with Crippen LogP contribution in [0.3, 0.4) is 0 Å². The lowest BCUT2D eigenvalue weighted by atomic mass is 10.1. The lowest BCUT2D eigenvalue weighted by molar-refractivity contribution is -0.119. The summed E-state index contributed by atoms with van der Waals surface area (Å²) >= 11 is 6.50. The van der Waals surface area contributed by atoms with Gasteiger partial charge in [-0.25, -0.2) is 0 Å². The Morgan fingerprint density at radius 3 is 2.71 bits per heavy atom. The number of aromatic nitrogens is 1. The summed E-state index contributed by atoms with van der Waals surface area (Å²) in [5.41, 5.74) is 2.39. The lowest BCUT2D eigenvalue weighted by Crippen LogP contribution is -2.20. The molecule has 0 aliphatic heterocycles. The summed E-state index contributed by atoms with van der Waals surface area (Å²) in [4.78, 5) is 15.6. The average Bonchev–Trinajstić information content (AvgIpc) is 3.14. The molecule has 0 spiro atoms. The second kappa shape index (κ2) is 6.77. The van der Waals surface area contributed by atoms with Gasteiger partial charge in [-0.3, -0.25) is 4.79 Å². The topological polar surface area (TPSA) is 54.1 Å². The summed E-state index contributed by atoms with van der Waals surface area (Å²) in [7, 11) is 0. The number of fused-ring (bicyclic) bond motifs is 1. The summed E-state index contributed by atoms with van der Waals surface area (Å²) in [5.74, 6) is 0.271. The fourth-order valence-electron chi connectivity index (χ4n) is 3.11. The van der Waals surface area contributed by atoms with Gasteiger partial charge in [-0.15, -0.1) is 0 Å². The number of carbonyl (C=O) groups is 1. The van der Waals surface area contributed by atoms with Crippen LogP contribution in [-0.4, -0.2) is 16.5 Å². The van der Waals surface area contributed by atoms with Crippen molar-refractivity contribution in [3.63, 3.8) is 0 Å². The van der Waals surface area contributed by atoms with E-state index in [0.717, 1.165) is 48.0 Å². The number of hydrogen-bond acceptors (Lipinski definition) is 2. The van der Waals surface area contributed by atoms with Crippen molar-refractivity contribution in [2.75, 3.05) is 5.32 Å². The summed E-state index contributed by atoms with van der Waals surface area (Å²) in [6.45, 7) is 6.47. The molecular formula is C19H25ClN2O2. The first kappa shape index (κ1) is 17.3. The van der Waals surface area contributed by atoms with Crippen molar-refractivity contribution in [2.45, 2.75) is 58.7 Å². The van der Waals surface area contributed by atoms with E-state index in [9.17, 15) is 4.79 Å². The van der Waals surface area contributed by atoms with Gasteiger partial charge in [0.15, 0.2) is 0 Å². The number of carbonyl (C=O) groups excluding carboxylic acids is 1. The fourth-order valence-corrected chi connectivity index (χ4v) is 3.37. The van der Waals surface area contributed by atoms with Gasteiger partial charge >= 0.3 is 0 Å². The zero-order valence-electron chi connectivity index (χ0n) is 14.5. The van der Waals surface area contributed by atoms with Gasteiger partial charge < -0.3 is 15.0 Å². The number of rotatable bonds is 4. The molecule has 1 fully saturated rings. The molecule has 0 radical (unpaired) electrons. The highest BCUT2D eigenvalue weighted by Gasteiger charge is 2.23. The third-order valence-corrected chi connectivity index (χ3v) is 4.88. The predicted octanol–water partition coefficient (Wildman–Crippen LogP) is 5.27. The molecule has 1 aromatic carbocycles. The summed E-state index contributed by atoms with van der Waals surface area (Å²) in [6, 6.07) is 5.80. The van der Waals surface area contributed by atoms with Crippen LogP contribution in [0, 0.1) is 5.92 Å². The van der Waals surface area contributed by atoms with Gasteiger partial charge in [0.25, 0.3) is 0 Å². The lowest BCUT2D eigenvalue weighted by Gasteiger charge is -2.19. The molecule has 0 unspecified atom stereocenters. The predicted molar refractivity (Wildman–Crippen MR) is 98.4 cm³/mol. The van der Waals surface area contributed by atoms with E-state index in [-0.39, 0.29) is 17.4 Å². The van der Waals surface area contributed by atoms with E-state index in [0.29, 0.717) is 11.6 Å². The van der Waals surface area contributed by atoms with Crippen molar-refractivity contribution in [3.05, 3.63) is 28.9 Å². The van der Waals surface area contributed by atoms with Crippen molar-refractivity contribution in [1.82, 2.24) is 4.98 Å². The maximum absolute atomic E-state index is 12.3. The Hall–Kier alpha value is -1.52. The number of amides is 1. The van der Waals surface area contributed by atoms with E-state index in [1.54, 1.807) is 0 Å². The molecule has 130 valence electrons. The number of benzene rings is 1. The Morgan fingerprint density at radius 1 is 1.33 bits per heavy atom. The molecule has 1 aromatic heterocycles. The van der Waals surface area contributed by atoms with Gasteiger partial charge in [0.1, 0.15) is 0 Å². The minimum absolute atomic E-state index is 0.120. The molecule has 3 rings (SSSR count). The maximum Gasteiger partial charge on any atom is 0.227 e. The maximum atomic E-state index is 12.3. The SMILES string of the molecule is CC(C)(C)OCc1[nH]c2ccc(NC(=O)C3CCCC3)cc2c1Cl. The first-order valence-electron chi connectivity index (χ1n) is 8.58. The van der Waals surface area contributed by atoms with Gasteiger partial charge in [0, 0.05) is 22.5 Å². The highest BCUT2D eigenvalue weighted by Crippen LogP contribution is 2.32. The molecule has 0 bridgehead atoms. The zero-order valence-corrected chi connectivity index (χ0v) is 15.3. The molecule has 1 aliphatic rings. The van der Waals surface area contributed by atoms with Crippen molar-refractivity contribution in [3.8, 4) is 0 Å². The number of anilines is 1. The van der Waals surface area contributed by atoms with Crippen LogP contribution in [0.5, 0.6) is 0 Å². The Labute approximate surface area is 147 Å². The van der Waals surface area contributed by atoms with E-state index >= 15 is 0 Å². The molecule has 1 heterocycles. The standard InChI is InChI=1S/C19H25ClN2O2/c1-19(2,3)24-11-16-17(20)14-10-13(8-9-15(14)22-16)21-18(23)12-6-4-5-7-12/h8-10,12,22H,4-7,11H2,1-3H3,(H,21,23). The Kier molecular flexibility index (Phi) is 4.88. The van der Waals surface area contributed by atoms with Crippen LogP contribution in [0.2, 0.25) is 5.02 Å². The third kappa shape index (κ3) is 3.93. The number of hydrogen-bond donors (Lipinski definition) is 2. The van der Waals surface area contributed by atoms with Gasteiger partial charge in [0.2, 0.25) is 5.91 Å². The Morgan fingerprint density at radius 2 is 2.04 bits per heavy atom. The number of aromatic amines is 1. The van der Waals surface area contributed by atoms with Gasteiger partial charge in [-0.2, -0.15) is 0 Å². The van der Waals surface area contributed by atoms with Crippen LogP contribution in [0.25, 0.3) is 10.9 Å². The highest BCUT2D eigenvalue weighted by molar-refractivity contribution is 6.36. The summed E-state index contributed by atoms with van der Waals surface area (Å²) in [5, 5.41) is 4.60. The van der Waals surface area contributed by atoms with Crippen molar-refractivity contribution < 1.29 is 9.53 Å². The second-order valence-electron chi connectivity index (χ2n) is 7.55. The van der Waals surface area contributed by atoms with Crippen LogP contribution in [0.4, 0.5) is 5.69 Å². The Bertz CT molecular complexity index is 740. The molecule has 0 saturated heterocycles. The molecule has 2 aromatic rings. The molecule has 5 heteroatoms. The monoisotopic (exact) mass is 348 g/mol. The highest BCUT2D eigenvalue weighted by atomic mass is 35.5. The molecule has 2 N–H and O–H groups in total. The van der Waals surface area contributed by atoms with Crippen LogP contribution in [0.1, 0.15) is 52.1 Å². The molecule has 4 nitrogen and oxygen atoms in total. The minimum Gasteiger partial charge on any atom is -0.370 e. The van der Waals surface area contributed by atoms with E-state index in [1.165, 1.54) is 0 Å². The van der Waals surface area contributed by atoms with Gasteiger partial charge in [-0.1, -0.05) is 24.4 Å². The quantitative estimate of drug-likeness (QED) is 0.791. The normalized spacial score (nSPS) is 16.0. The van der Waals surface area contributed by atoms with Crippen LogP contribution in [-0.2, 0) is 16.1 Å². The van der Waals surface area contributed by atoms with E-state index in [2.05, 4.69) is 10.3 Å². The molecule has 1 amide bonds. The van der Waals surface area contributed by atoms with Crippen LogP contribution >= 0.6 is 11.6 Å². The van der Waals surface area contributed by atoms with Crippen LogP contribution in [0.15, 0.2) is 18.2 Å². The molecule has 1 saturated carbocycles. The number of H-pyrrole nitrogens is 1. The van der Waals surface area contributed by atoms with Crippen molar-refractivity contribution >= 4 is 34.1 Å². The summed E-state index contributed by atoms with van der Waals surface area (Å²) in [6.07, 6.45) is 4.29. The largest absolute Gasteiger partial charge is 0.370 e. The van der Waals surface area contributed by atoms with Gasteiger partial charge in [0.05, 0.1) is 22.9 Å². The van der Waals surface area contributed by atoms with Crippen LogP contribution < -0.4 is 5.32 Å². The number of halogens is 1. The van der Waals surface area contributed by atoms with Gasteiger partial charge in [-0.05, 0) is 51.8 Å². The number of ether oxygens (including phenoxy) is 1. The van der Waals surface area contributed by atoms with E-state index < -0.39 is 0 Å². The smallest absolute Gasteiger partial charge is 0.227 e. The number of nitrogens with one attached hydrogen (secondary N) is 2. The molecule has 0 atom stereocenters. The minimum atomic E-state index is -0.221. The zero-order chi connectivity index (χ0) is 17.3. The third-order valence-electron chi connectivity index (χ3n) is 4.45. The van der Waals surface area contributed by atoms with E-state index in [1.807, 2.05) is 39.0 Å². The average molecular weight is 349 g/mol. The molecular weight excluding hydrogens is 324 g/mol. The summed E-state index contributed by atoms with van der Waals surface area (Å²) < 4.78 is 5.80. The first-order chi connectivity index (χ1) is 11.3. The van der Waals surface area contributed by atoms with Crippen molar-refractivity contribution in [2.24, 2.45) is 5.92 Å². The first-order valence-corrected chi connectivity index (χ1v) is 8.96. The van der Waals surface area contributed by atoms with E-state index in [4.69, 9.17) is 16.3 Å². The fraction of sp³-hybridized carbons (Fsp3) is 0.526. The second-order valence-corrected chi connectivity index (χ2v) is 7.93. The Balaban J connectivity index is 1.77. The molecule has 1 aliphatic carbocycles.